The standard InChI is InChI=1S/C13H15NO4/c1-3-18-13(16)6-9-5-12(17-2)11(8-15)4-10(9)7-14/h4-5,15H,3,6,8H2,1-2H3. The first-order valence-electron chi connectivity index (χ1n) is 5.52. The van der Waals surface area contributed by atoms with E-state index in [4.69, 9.17) is 19.8 Å². The van der Waals surface area contributed by atoms with E-state index in [1.54, 1.807) is 13.0 Å². The van der Waals surface area contributed by atoms with Gasteiger partial charge in [0.05, 0.1) is 38.4 Å². The minimum Gasteiger partial charge on any atom is -0.496 e. The van der Waals surface area contributed by atoms with Gasteiger partial charge in [-0.15, -0.1) is 0 Å². The van der Waals surface area contributed by atoms with Crippen molar-refractivity contribution in [1.82, 2.24) is 0 Å². The minimum absolute atomic E-state index is 0.0127. The minimum atomic E-state index is -0.396. The maximum absolute atomic E-state index is 11.4. The Morgan fingerprint density at radius 3 is 2.67 bits per heavy atom. The van der Waals surface area contributed by atoms with Crippen molar-refractivity contribution in [2.75, 3.05) is 13.7 Å². The third-order valence-corrected chi connectivity index (χ3v) is 2.44. The molecule has 0 aliphatic heterocycles. The molecule has 0 aromatic heterocycles. The predicted octanol–water partition coefficient (Wildman–Crippen LogP) is 1.16. The van der Waals surface area contributed by atoms with Crippen molar-refractivity contribution in [3.8, 4) is 11.8 Å². The number of esters is 1. The summed E-state index contributed by atoms with van der Waals surface area (Å²) in [4.78, 5) is 11.4. The van der Waals surface area contributed by atoms with E-state index in [1.165, 1.54) is 13.2 Å². The van der Waals surface area contributed by atoms with Crippen LogP contribution in [-0.2, 0) is 22.6 Å². The molecule has 5 nitrogen and oxygen atoms in total. The van der Waals surface area contributed by atoms with Crippen LogP contribution < -0.4 is 4.74 Å². The third-order valence-electron chi connectivity index (χ3n) is 2.44. The van der Waals surface area contributed by atoms with Crippen LogP contribution in [-0.4, -0.2) is 24.8 Å². The summed E-state index contributed by atoms with van der Waals surface area (Å²) in [5.74, 6) is 0.0589. The number of carbonyl (C=O) groups is 1. The smallest absolute Gasteiger partial charge is 0.310 e. The Labute approximate surface area is 106 Å². The maximum Gasteiger partial charge on any atom is 0.310 e. The molecule has 0 amide bonds. The molecular weight excluding hydrogens is 234 g/mol. The number of carbonyl (C=O) groups excluding carboxylic acids is 1. The van der Waals surface area contributed by atoms with Crippen molar-refractivity contribution in [3.05, 3.63) is 28.8 Å². The summed E-state index contributed by atoms with van der Waals surface area (Å²) in [6.45, 7) is 1.79. The van der Waals surface area contributed by atoms with E-state index >= 15 is 0 Å². The molecule has 0 spiro atoms. The molecule has 96 valence electrons. The van der Waals surface area contributed by atoms with Crippen LogP contribution in [0, 0.1) is 11.3 Å². The number of aliphatic hydroxyl groups is 1. The van der Waals surface area contributed by atoms with Gasteiger partial charge in [0.2, 0.25) is 0 Å². The second-order valence-corrected chi connectivity index (χ2v) is 3.57. The van der Waals surface area contributed by atoms with Crippen molar-refractivity contribution in [2.45, 2.75) is 20.0 Å². The zero-order chi connectivity index (χ0) is 13.5. The molecule has 0 bridgehead atoms. The molecule has 18 heavy (non-hydrogen) atoms. The Hall–Kier alpha value is -2.06. The van der Waals surface area contributed by atoms with Gasteiger partial charge >= 0.3 is 5.97 Å². The van der Waals surface area contributed by atoms with Gasteiger partial charge in [-0.25, -0.2) is 0 Å². The summed E-state index contributed by atoms with van der Waals surface area (Å²) in [7, 11) is 1.47. The zero-order valence-corrected chi connectivity index (χ0v) is 10.4. The average Bonchev–Trinajstić information content (AvgIpc) is 2.38. The van der Waals surface area contributed by atoms with Gasteiger partial charge in [-0.2, -0.15) is 5.26 Å². The molecule has 0 saturated carbocycles. The number of benzene rings is 1. The Bertz CT molecular complexity index is 477. The first-order valence-corrected chi connectivity index (χ1v) is 5.52. The largest absolute Gasteiger partial charge is 0.496 e. The van der Waals surface area contributed by atoms with E-state index in [1.807, 2.05) is 6.07 Å². The second-order valence-electron chi connectivity index (χ2n) is 3.57. The average molecular weight is 249 g/mol. The number of hydrogen-bond donors (Lipinski definition) is 1. The van der Waals surface area contributed by atoms with Gasteiger partial charge in [-0.05, 0) is 24.6 Å². The second kappa shape index (κ2) is 6.62. The van der Waals surface area contributed by atoms with Crippen LogP contribution in [0.25, 0.3) is 0 Å². The lowest BCUT2D eigenvalue weighted by Crippen LogP contribution is -2.09. The van der Waals surface area contributed by atoms with Gasteiger partial charge in [-0.3, -0.25) is 4.79 Å². The first kappa shape index (κ1) is 14.0. The lowest BCUT2D eigenvalue weighted by atomic mass is 10.0. The Morgan fingerprint density at radius 1 is 1.44 bits per heavy atom. The molecule has 0 fully saturated rings. The van der Waals surface area contributed by atoms with E-state index in [2.05, 4.69) is 0 Å². The van der Waals surface area contributed by atoms with Crippen molar-refractivity contribution in [2.24, 2.45) is 0 Å². The fourth-order valence-corrected chi connectivity index (χ4v) is 1.60. The Kier molecular flexibility index (Phi) is 5.15. The zero-order valence-electron chi connectivity index (χ0n) is 10.4. The van der Waals surface area contributed by atoms with Gasteiger partial charge in [0.25, 0.3) is 0 Å². The van der Waals surface area contributed by atoms with Crippen molar-refractivity contribution in [3.63, 3.8) is 0 Å². The SMILES string of the molecule is CCOC(=O)Cc1cc(OC)c(CO)cc1C#N. The molecule has 0 atom stereocenters. The number of methoxy groups -OCH3 is 1. The summed E-state index contributed by atoms with van der Waals surface area (Å²) < 4.78 is 9.93. The van der Waals surface area contributed by atoms with Crippen LogP contribution in [0.5, 0.6) is 5.75 Å². The molecule has 0 heterocycles. The predicted molar refractivity (Wildman–Crippen MR) is 64.0 cm³/mol. The number of nitriles is 1. The molecule has 1 aromatic rings. The van der Waals surface area contributed by atoms with Crippen molar-refractivity contribution in [1.29, 1.82) is 5.26 Å². The number of hydrogen-bond acceptors (Lipinski definition) is 5. The van der Waals surface area contributed by atoms with Crippen LogP contribution in [0.3, 0.4) is 0 Å². The van der Waals surface area contributed by atoms with Gasteiger partial charge in [0, 0.05) is 5.56 Å². The summed E-state index contributed by atoms with van der Waals surface area (Å²) in [6.07, 6.45) is 0.0127. The van der Waals surface area contributed by atoms with E-state index in [9.17, 15) is 4.79 Å². The van der Waals surface area contributed by atoms with Crippen LogP contribution in [0.2, 0.25) is 0 Å². The third kappa shape index (κ3) is 3.22. The molecule has 0 unspecified atom stereocenters. The fourth-order valence-electron chi connectivity index (χ4n) is 1.60. The number of ether oxygens (including phenoxy) is 2. The summed E-state index contributed by atoms with van der Waals surface area (Å²) in [5, 5.41) is 18.2. The van der Waals surface area contributed by atoms with Crippen molar-refractivity contribution >= 4 is 5.97 Å². The molecule has 1 N–H and O–H groups in total. The molecule has 1 aromatic carbocycles. The molecule has 1 rings (SSSR count). The quantitative estimate of drug-likeness (QED) is 0.792. The number of rotatable bonds is 5. The summed E-state index contributed by atoms with van der Waals surface area (Å²) in [5.41, 5.74) is 1.39. The highest BCUT2D eigenvalue weighted by Crippen LogP contribution is 2.24. The molecule has 0 aliphatic carbocycles. The van der Waals surface area contributed by atoms with E-state index < -0.39 is 5.97 Å². The molecule has 0 radical (unpaired) electrons. The highest BCUT2D eigenvalue weighted by molar-refractivity contribution is 5.74. The number of aliphatic hydroxyl groups excluding tert-OH is 1. The first-order chi connectivity index (χ1) is 8.65. The van der Waals surface area contributed by atoms with E-state index in [-0.39, 0.29) is 13.0 Å². The lowest BCUT2D eigenvalue weighted by Gasteiger charge is -2.10. The Morgan fingerprint density at radius 2 is 2.17 bits per heavy atom. The normalized spacial score (nSPS) is 9.67. The molecule has 0 saturated heterocycles. The van der Waals surface area contributed by atoms with Gasteiger partial charge in [0.15, 0.2) is 0 Å². The van der Waals surface area contributed by atoms with Gasteiger partial charge < -0.3 is 14.6 Å². The van der Waals surface area contributed by atoms with E-state index in [0.717, 1.165) is 0 Å². The van der Waals surface area contributed by atoms with Crippen LogP contribution in [0.1, 0.15) is 23.6 Å². The van der Waals surface area contributed by atoms with Crippen LogP contribution >= 0.6 is 0 Å². The summed E-state index contributed by atoms with van der Waals surface area (Å²) in [6, 6.07) is 5.10. The topological polar surface area (TPSA) is 79.6 Å². The van der Waals surface area contributed by atoms with Crippen LogP contribution in [0.15, 0.2) is 12.1 Å². The monoisotopic (exact) mass is 249 g/mol. The van der Waals surface area contributed by atoms with Gasteiger partial charge in [-0.1, -0.05) is 0 Å². The fraction of sp³-hybridized carbons (Fsp3) is 0.385. The maximum atomic E-state index is 11.4. The highest BCUT2D eigenvalue weighted by Gasteiger charge is 2.13. The molecule has 5 heteroatoms. The van der Waals surface area contributed by atoms with E-state index in [0.29, 0.717) is 29.0 Å². The molecular formula is C13H15NO4. The lowest BCUT2D eigenvalue weighted by molar-refractivity contribution is -0.142. The van der Waals surface area contributed by atoms with Crippen molar-refractivity contribution < 1.29 is 19.4 Å². The molecule has 0 aliphatic rings. The van der Waals surface area contributed by atoms with Crippen LogP contribution in [0.4, 0.5) is 0 Å². The van der Waals surface area contributed by atoms with Gasteiger partial charge in [0.1, 0.15) is 5.75 Å². The Balaban J connectivity index is 3.10. The highest BCUT2D eigenvalue weighted by atomic mass is 16.5. The summed E-state index contributed by atoms with van der Waals surface area (Å²) >= 11 is 0. The number of nitrogens with zero attached hydrogens (tertiary/aromatic N) is 1.